The Kier molecular flexibility index (Phi) is 2.83. The maximum atomic E-state index is 4.32. The Hall–Kier alpha value is -0.570. The Labute approximate surface area is 83.6 Å². The highest BCUT2D eigenvalue weighted by atomic mass is 32.1. The lowest BCUT2D eigenvalue weighted by Crippen LogP contribution is -2.33. The summed E-state index contributed by atoms with van der Waals surface area (Å²) in [5.74, 6) is 0.844. The average molecular weight is 195 g/mol. The Balaban J connectivity index is 1.92. The number of nitrogens with zero attached hydrogens (tertiary/aromatic N) is 2. The lowest BCUT2D eigenvalue weighted by atomic mass is 9.95. The first kappa shape index (κ1) is 9.00. The highest BCUT2D eigenvalue weighted by molar-refractivity contribution is 7.13. The smallest absolute Gasteiger partial charge is 0.185 e. The number of aromatic nitrogens is 1. The normalized spacial score (nSPS) is 19.3. The van der Waals surface area contributed by atoms with Crippen molar-refractivity contribution in [2.24, 2.45) is 5.92 Å². The molecule has 0 amide bonds. The minimum absolute atomic E-state index is 0.844. The third kappa shape index (κ3) is 2.02. The molecule has 1 aliphatic heterocycles. The van der Waals surface area contributed by atoms with Gasteiger partial charge in [-0.15, -0.1) is 11.3 Å². The Morgan fingerprint density at radius 3 is 2.85 bits per heavy atom. The second-order valence-electron chi connectivity index (χ2n) is 3.53. The summed E-state index contributed by atoms with van der Waals surface area (Å²) in [6.45, 7) is 6.29. The van der Waals surface area contributed by atoms with Gasteiger partial charge in [-0.05, 0) is 18.8 Å². The SMILES string of the molecule is [CH2]CC1CCN(c2nccs2)CC1. The molecule has 0 spiro atoms. The van der Waals surface area contributed by atoms with Crippen LogP contribution in [0.3, 0.4) is 0 Å². The first-order chi connectivity index (χ1) is 6.40. The van der Waals surface area contributed by atoms with Gasteiger partial charge >= 0.3 is 0 Å². The van der Waals surface area contributed by atoms with Gasteiger partial charge in [0.15, 0.2) is 5.13 Å². The summed E-state index contributed by atoms with van der Waals surface area (Å²) in [5, 5.41) is 3.23. The molecule has 0 atom stereocenters. The predicted molar refractivity (Wildman–Crippen MR) is 57.0 cm³/mol. The number of rotatable bonds is 2. The molecule has 13 heavy (non-hydrogen) atoms. The van der Waals surface area contributed by atoms with Gasteiger partial charge in [-0.1, -0.05) is 13.3 Å². The van der Waals surface area contributed by atoms with Crippen molar-refractivity contribution >= 4 is 16.5 Å². The van der Waals surface area contributed by atoms with Crippen molar-refractivity contribution in [3.63, 3.8) is 0 Å². The number of hydrogen-bond acceptors (Lipinski definition) is 3. The third-order valence-electron chi connectivity index (χ3n) is 2.71. The van der Waals surface area contributed by atoms with Gasteiger partial charge in [-0.2, -0.15) is 0 Å². The molecule has 0 bridgehead atoms. The van der Waals surface area contributed by atoms with Crippen LogP contribution in [0.2, 0.25) is 0 Å². The first-order valence-electron chi connectivity index (χ1n) is 4.84. The second-order valence-corrected chi connectivity index (χ2v) is 4.41. The van der Waals surface area contributed by atoms with Crippen LogP contribution in [0.4, 0.5) is 5.13 Å². The fourth-order valence-electron chi connectivity index (χ4n) is 1.79. The number of piperidine rings is 1. The van der Waals surface area contributed by atoms with E-state index in [2.05, 4.69) is 16.8 Å². The summed E-state index contributed by atoms with van der Waals surface area (Å²) in [7, 11) is 0. The van der Waals surface area contributed by atoms with Crippen LogP contribution < -0.4 is 4.90 Å². The zero-order chi connectivity index (χ0) is 9.10. The molecule has 1 aliphatic rings. The summed E-state index contributed by atoms with van der Waals surface area (Å²) < 4.78 is 0. The Morgan fingerprint density at radius 1 is 1.54 bits per heavy atom. The minimum atomic E-state index is 0.844. The molecule has 3 heteroatoms. The highest BCUT2D eigenvalue weighted by Gasteiger charge is 2.18. The molecule has 2 nitrogen and oxygen atoms in total. The van der Waals surface area contributed by atoms with E-state index in [1.807, 2.05) is 11.6 Å². The van der Waals surface area contributed by atoms with E-state index in [4.69, 9.17) is 0 Å². The van der Waals surface area contributed by atoms with Gasteiger partial charge in [0, 0.05) is 24.7 Å². The van der Waals surface area contributed by atoms with Crippen LogP contribution in [-0.4, -0.2) is 18.1 Å². The van der Waals surface area contributed by atoms with Crippen LogP contribution in [0.25, 0.3) is 0 Å². The van der Waals surface area contributed by atoms with Crippen LogP contribution in [0.15, 0.2) is 11.6 Å². The molecule has 0 aliphatic carbocycles. The molecule has 1 radical (unpaired) electrons. The molecule has 2 heterocycles. The van der Waals surface area contributed by atoms with Crippen molar-refractivity contribution in [1.29, 1.82) is 0 Å². The van der Waals surface area contributed by atoms with Crippen LogP contribution in [0.1, 0.15) is 19.3 Å². The van der Waals surface area contributed by atoms with Gasteiger partial charge < -0.3 is 4.90 Å². The molecule has 1 saturated heterocycles. The van der Waals surface area contributed by atoms with Crippen molar-refractivity contribution < 1.29 is 0 Å². The van der Waals surface area contributed by atoms with Crippen molar-refractivity contribution in [2.45, 2.75) is 19.3 Å². The van der Waals surface area contributed by atoms with Gasteiger partial charge in [0.2, 0.25) is 0 Å². The molecule has 71 valence electrons. The molecule has 0 unspecified atom stereocenters. The zero-order valence-electron chi connectivity index (χ0n) is 7.78. The summed E-state index contributed by atoms with van der Waals surface area (Å²) in [6.07, 6.45) is 5.53. The van der Waals surface area contributed by atoms with Gasteiger partial charge in [-0.3, -0.25) is 0 Å². The van der Waals surface area contributed by atoms with E-state index in [9.17, 15) is 0 Å². The maximum absolute atomic E-state index is 4.32. The van der Waals surface area contributed by atoms with E-state index in [0.29, 0.717) is 0 Å². The summed E-state index contributed by atoms with van der Waals surface area (Å²) in [4.78, 5) is 6.71. The zero-order valence-corrected chi connectivity index (χ0v) is 8.59. The van der Waals surface area contributed by atoms with Crippen LogP contribution >= 0.6 is 11.3 Å². The minimum Gasteiger partial charge on any atom is -0.348 e. The highest BCUT2D eigenvalue weighted by Crippen LogP contribution is 2.25. The van der Waals surface area contributed by atoms with E-state index >= 15 is 0 Å². The Morgan fingerprint density at radius 2 is 2.31 bits per heavy atom. The molecule has 0 saturated carbocycles. The van der Waals surface area contributed by atoms with Gasteiger partial charge in [0.05, 0.1) is 0 Å². The van der Waals surface area contributed by atoms with Crippen LogP contribution in [0, 0.1) is 12.8 Å². The molecule has 0 N–H and O–H groups in total. The lowest BCUT2D eigenvalue weighted by molar-refractivity contribution is 0.408. The lowest BCUT2D eigenvalue weighted by Gasteiger charge is -2.31. The van der Waals surface area contributed by atoms with Crippen molar-refractivity contribution in [3.8, 4) is 0 Å². The van der Waals surface area contributed by atoms with Crippen molar-refractivity contribution in [1.82, 2.24) is 4.98 Å². The van der Waals surface area contributed by atoms with E-state index in [0.717, 1.165) is 25.4 Å². The molecule has 1 aromatic rings. The average Bonchev–Trinajstić information content (AvgIpc) is 2.71. The number of anilines is 1. The fraction of sp³-hybridized carbons (Fsp3) is 0.600. The fourth-order valence-corrected chi connectivity index (χ4v) is 2.48. The summed E-state index contributed by atoms with van der Waals surface area (Å²) in [5.41, 5.74) is 0. The second kappa shape index (κ2) is 4.09. The van der Waals surface area contributed by atoms with Crippen molar-refractivity contribution in [3.05, 3.63) is 18.5 Å². The van der Waals surface area contributed by atoms with E-state index in [1.165, 1.54) is 18.0 Å². The van der Waals surface area contributed by atoms with Crippen LogP contribution in [0.5, 0.6) is 0 Å². The van der Waals surface area contributed by atoms with Gasteiger partial charge in [0.1, 0.15) is 0 Å². The standard InChI is InChI=1S/C10H15N2S/c1-2-9-3-6-12(7-4-9)10-11-5-8-13-10/h5,8-9H,1-4,6-7H2. The first-order valence-corrected chi connectivity index (χ1v) is 5.72. The molecule has 1 aromatic heterocycles. The van der Waals surface area contributed by atoms with Gasteiger partial charge in [0.25, 0.3) is 0 Å². The largest absolute Gasteiger partial charge is 0.348 e. The monoisotopic (exact) mass is 195 g/mol. The molecule has 0 aromatic carbocycles. The van der Waals surface area contributed by atoms with E-state index in [-0.39, 0.29) is 0 Å². The summed E-state index contributed by atoms with van der Waals surface area (Å²) in [6, 6.07) is 0. The molecule has 1 fully saturated rings. The molecule has 2 rings (SSSR count). The Bertz CT molecular complexity index is 237. The van der Waals surface area contributed by atoms with Crippen molar-refractivity contribution in [2.75, 3.05) is 18.0 Å². The quantitative estimate of drug-likeness (QED) is 0.721. The molecular weight excluding hydrogens is 180 g/mol. The number of thiazole rings is 1. The predicted octanol–water partition coefficient (Wildman–Crippen LogP) is 2.58. The van der Waals surface area contributed by atoms with Crippen LogP contribution in [-0.2, 0) is 0 Å². The maximum Gasteiger partial charge on any atom is 0.185 e. The topological polar surface area (TPSA) is 16.1 Å². The van der Waals surface area contributed by atoms with E-state index < -0.39 is 0 Å². The summed E-state index contributed by atoms with van der Waals surface area (Å²) >= 11 is 1.74. The third-order valence-corrected chi connectivity index (χ3v) is 3.54. The van der Waals surface area contributed by atoms with Gasteiger partial charge in [-0.25, -0.2) is 4.98 Å². The molecular formula is C10H15N2S. The number of hydrogen-bond donors (Lipinski definition) is 0. The van der Waals surface area contributed by atoms with E-state index in [1.54, 1.807) is 11.3 Å².